The third kappa shape index (κ3) is 3.22. The van der Waals surface area contributed by atoms with Gasteiger partial charge >= 0.3 is 0 Å². The highest BCUT2D eigenvalue weighted by Gasteiger charge is 2.49. The van der Waals surface area contributed by atoms with Gasteiger partial charge in [0, 0.05) is 13.0 Å². The van der Waals surface area contributed by atoms with Crippen LogP contribution in [-0.2, 0) is 16.1 Å². The summed E-state index contributed by atoms with van der Waals surface area (Å²) in [5.74, 6) is 0.0929. The largest absolute Gasteiger partial charge is 0.388 e. The number of aliphatic hydroxyl groups excluding tert-OH is 1. The molecule has 0 radical (unpaired) electrons. The first-order valence-electron chi connectivity index (χ1n) is 7.21. The lowest BCUT2D eigenvalue weighted by atomic mass is 9.80. The van der Waals surface area contributed by atoms with E-state index in [4.69, 9.17) is 9.47 Å². The zero-order valence-corrected chi connectivity index (χ0v) is 13.1. The fourth-order valence-corrected chi connectivity index (χ4v) is 3.36. The zero-order chi connectivity index (χ0) is 15.0. The van der Waals surface area contributed by atoms with Gasteiger partial charge in [0.2, 0.25) is 0 Å². The van der Waals surface area contributed by atoms with E-state index in [2.05, 4.69) is 27.7 Å². The predicted octanol–water partition coefficient (Wildman–Crippen LogP) is 3.46. The van der Waals surface area contributed by atoms with Crippen LogP contribution in [0.1, 0.15) is 51.3 Å². The maximum absolute atomic E-state index is 10.8. The number of hydrogen-bond donors (Lipinski definition) is 1. The summed E-state index contributed by atoms with van der Waals surface area (Å²) in [6.07, 6.45) is 0.346. The first-order valence-corrected chi connectivity index (χ1v) is 7.21. The van der Waals surface area contributed by atoms with E-state index in [-0.39, 0.29) is 17.1 Å². The quantitative estimate of drug-likeness (QED) is 0.916. The molecule has 1 aliphatic rings. The van der Waals surface area contributed by atoms with Crippen LogP contribution in [0.2, 0.25) is 0 Å². The van der Waals surface area contributed by atoms with Crippen molar-refractivity contribution in [2.75, 3.05) is 7.11 Å². The minimum Gasteiger partial charge on any atom is -0.388 e. The average Bonchev–Trinajstić information content (AvgIpc) is 2.57. The van der Waals surface area contributed by atoms with E-state index in [1.807, 2.05) is 24.3 Å². The Kier molecular flexibility index (Phi) is 4.24. The maximum Gasteiger partial charge on any atom is 0.0846 e. The smallest absolute Gasteiger partial charge is 0.0846 e. The van der Waals surface area contributed by atoms with Gasteiger partial charge in [-0.3, -0.25) is 0 Å². The Hall–Kier alpha value is -0.900. The Morgan fingerprint density at radius 3 is 2.60 bits per heavy atom. The lowest BCUT2D eigenvalue weighted by Crippen LogP contribution is -2.32. The van der Waals surface area contributed by atoms with Crippen LogP contribution in [0.5, 0.6) is 0 Å². The molecule has 2 atom stereocenters. The van der Waals surface area contributed by atoms with E-state index in [1.165, 1.54) is 0 Å². The Labute approximate surface area is 121 Å². The minimum absolute atomic E-state index is 0.0929. The van der Waals surface area contributed by atoms with Crippen molar-refractivity contribution in [2.45, 2.75) is 58.0 Å². The topological polar surface area (TPSA) is 38.7 Å². The van der Waals surface area contributed by atoms with Gasteiger partial charge in [0.1, 0.15) is 0 Å². The monoisotopic (exact) mass is 278 g/mol. The highest BCUT2D eigenvalue weighted by atomic mass is 16.5. The van der Waals surface area contributed by atoms with E-state index < -0.39 is 6.10 Å². The summed E-state index contributed by atoms with van der Waals surface area (Å²) in [5, 5.41) is 10.8. The molecule has 20 heavy (non-hydrogen) atoms. The molecule has 1 aliphatic heterocycles. The van der Waals surface area contributed by atoms with E-state index >= 15 is 0 Å². The van der Waals surface area contributed by atoms with Gasteiger partial charge < -0.3 is 14.6 Å². The average molecular weight is 278 g/mol. The molecular formula is C17H26O3. The van der Waals surface area contributed by atoms with Gasteiger partial charge in [0.25, 0.3) is 0 Å². The fourth-order valence-electron chi connectivity index (χ4n) is 3.36. The van der Waals surface area contributed by atoms with Crippen LogP contribution < -0.4 is 0 Å². The molecule has 3 nitrogen and oxygen atoms in total. The summed E-state index contributed by atoms with van der Waals surface area (Å²) >= 11 is 0. The summed E-state index contributed by atoms with van der Waals surface area (Å²) in [6.45, 7) is 8.87. The van der Waals surface area contributed by atoms with E-state index in [9.17, 15) is 5.11 Å². The van der Waals surface area contributed by atoms with Crippen LogP contribution in [-0.4, -0.2) is 23.4 Å². The fraction of sp³-hybridized carbons (Fsp3) is 0.647. The van der Waals surface area contributed by atoms with Gasteiger partial charge in [-0.1, -0.05) is 24.3 Å². The standard InChI is InChI=1S/C17H26O3/c1-16(2)10-14(17(3,4)20-16)15(18)13-8-6-7-12(9-13)11-19-5/h6-9,14-15,18H,10-11H2,1-5H3. The molecule has 1 heterocycles. The summed E-state index contributed by atoms with van der Waals surface area (Å²) in [4.78, 5) is 0. The van der Waals surface area contributed by atoms with Gasteiger partial charge in [-0.25, -0.2) is 0 Å². The van der Waals surface area contributed by atoms with Crippen molar-refractivity contribution in [3.63, 3.8) is 0 Å². The molecule has 2 unspecified atom stereocenters. The van der Waals surface area contributed by atoms with Crippen molar-refractivity contribution < 1.29 is 14.6 Å². The number of ether oxygens (including phenoxy) is 2. The molecule has 1 aromatic rings. The van der Waals surface area contributed by atoms with Crippen molar-refractivity contribution in [3.8, 4) is 0 Å². The number of hydrogen-bond acceptors (Lipinski definition) is 3. The zero-order valence-electron chi connectivity index (χ0n) is 13.1. The molecule has 3 heteroatoms. The van der Waals surface area contributed by atoms with Crippen LogP contribution in [0.25, 0.3) is 0 Å². The molecular weight excluding hydrogens is 252 g/mol. The highest BCUT2D eigenvalue weighted by molar-refractivity contribution is 5.26. The molecule has 0 aliphatic carbocycles. The van der Waals surface area contributed by atoms with Crippen LogP contribution in [0.15, 0.2) is 24.3 Å². The number of methoxy groups -OCH3 is 1. The van der Waals surface area contributed by atoms with E-state index in [0.29, 0.717) is 6.61 Å². The molecule has 0 aromatic heterocycles. The van der Waals surface area contributed by atoms with E-state index in [0.717, 1.165) is 17.5 Å². The summed E-state index contributed by atoms with van der Waals surface area (Å²) in [6, 6.07) is 7.99. The molecule has 1 fully saturated rings. The van der Waals surface area contributed by atoms with E-state index in [1.54, 1.807) is 7.11 Å². The molecule has 0 saturated carbocycles. The Morgan fingerprint density at radius 1 is 1.35 bits per heavy atom. The molecule has 0 bridgehead atoms. The van der Waals surface area contributed by atoms with Gasteiger partial charge in [-0.15, -0.1) is 0 Å². The molecule has 1 aromatic carbocycles. The highest BCUT2D eigenvalue weighted by Crippen LogP contribution is 2.47. The second-order valence-electron chi connectivity index (χ2n) is 6.90. The Bertz CT molecular complexity index is 465. The summed E-state index contributed by atoms with van der Waals surface area (Å²) in [7, 11) is 1.68. The molecule has 1 saturated heterocycles. The van der Waals surface area contributed by atoms with Crippen LogP contribution in [0.4, 0.5) is 0 Å². The van der Waals surface area contributed by atoms with Crippen molar-refractivity contribution in [3.05, 3.63) is 35.4 Å². The van der Waals surface area contributed by atoms with Crippen LogP contribution in [0, 0.1) is 5.92 Å². The summed E-state index contributed by atoms with van der Waals surface area (Å²) in [5.41, 5.74) is 1.53. The number of aliphatic hydroxyl groups is 1. The third-order valence-electron chi connectivity index (χ3n) is 4.13. The van der Waals surface area contributed by atoms with Crippen LogP contribution >= 0.6 is 0 Å². The van der Waals surface area contributed by atoms with Crippen LogP contribution in [0.3, 0.4) is 0 Å². The Balaban J connectivity index is 2.23. The van der Waals surface area contributed by atoms with Crippen molar-refractivity contribution in [1.82, 2.24) is 0 Å². The molecule has 0 amide bonds. The minimum atomic E-state index is -0.511. The van der Waals surface area contributed by atoms with Gasteiger partial charge in [-0.05, 0) is 45.2 Å². The second kappa shape index (κ2) is 5.47. The number of benzene rings is 1. The molecule has 0 spiro atoms. The predicted molar refractivity (Wildman–Crippen MR) is 79.5 cm³/mol. The van der Waals surface area contributed by atoms with Crippen molar-refractivity contribution in [1.29, 1.82) is 0 Å². The van der Waals surface area contributed by atoms with Gasteiger partial charge in [0.05, 0.1) is 23.9 Å². The van der Waals surface area contributed by atoms with Crippen molar-refractivity contribution in [2.24, 2.45) is 5.92 Å². The lowest BCUT2D eigenvalue weighted by molar-refractivity contribution is -0.0880. The second-order valence-corrected chi connectivity index (χ2v) is 6.90. The number of rotatable bonds is 4. The molecule has 2 rings (SSSR count). The first-order chi connectivity index (χ1) is 9.25. The first kappa shape index (κ1) is 15.5. The SMILES string of the molecule is COCc1cccc(C(O)C2CC(C)(C)OC2(C)C)c1. The molecule has 112 valence electrons. The van der Waals surface area contributed by atoms with Gasteiger partial charge in [-0.2, -0.15) is 0 Å². The lowest BCUT2D eigenvalue weighted by Gasteiger charge is -2.30. The summed E-state index contributed by atoms with van der Waals surface area (Å²) < 4.78 is 11.2. The third-order valence-corrected chi connectivity index (χ3v) is 4.13. The van der Waals surface area contributed by atoms with Crippen molar-refractivity contribution >= 4 is 0 Å². The maximum atomic E-state index is 10.8. The Morgan fingerprint density at radius 2 is 2.05 bits per heavy atom. The molecule has 1 N–H and O–H groups in total. The normalized spacial score (nSPS) is 25.6. The van der Waals surface area contributed by atoms with Gasteiger partial charge in [0.15, 0.2) is 0 Å².